The highest BCUT2D eigenvalue weighted by atomic mass is 32.2. The van der Waals surface area contributed by atoms with Gasteiger partial charge in [-0.15, -0.1) is 0 Å². The van der Waals surface area contributed by atoms with E-state index >= 15 is 0 Å². The predicted molar refractivity (Wildman–Crippen MR) is 97.1 cm³/mol. The summed E-state index contributed by atoms with van der Waals surface area (Å²) in [4.78, 5) is 4.32. The number of anilines is 1. The zero-order chi connectivity index (χ0) is 17.4. The summed E-state index contributed by atoms with van der Waals surface area (Å²) < 4.78 is 31.7. The largest absolute Gasteiger partial charge is 0.383 e. The maximum absolute atomic E-state index is 12.6. The summed E-state index contributed by atoms with van der Waals surface area (Å²) in [6, 6.07) is 7.66. The Bertz CT molecular complexity index is 661. The van der Waals surface area contributed by atoms with Crippen LogP contribution in [0.4, 0.5) is 5.69 Å². The zero-order valence-corrected chi connectivity index (χ0v) is 15.1. The van der Waals surface area contributed by atoms with Crippen LogP contribution in [0.15, 0.2) is 29.3 Å². The lowest BCUT2D eigenvalue weighted by molar-refractivity contribution is 0.208. The van der Waals surface area contributed by atoms with Crippen LogP contribution in [0.2, 0.25) is 0 Å². The molecule has 1 aliphatic heterocycles. The van der Waals surface area contributed by atoms with E-state index < -0.39 is 10.0 Å². The van der Waals surface area contributed by atoms with Gasteiger partial charge in [0.1, 0.15) is 0 Å². The van der Waals surface area contributed by atoms with Crippen LogP contribution in [0.3, 0.4) is 0 Å². The molecule has 7 nitrogen and oxygen atoms in total. The van der Waals surface area contributed by atoms with Crippen molar-refractivity contribution in [2.75, 3.05) is 50.0 Å². The Balaban J connectivity index is 1.92. The Morgan fingerprint density at radius 1 is 1.33 bits per heavy atom. The van der Waals surface area contributed by atoms with Crippen LogP contribution in [0.5, 0.6) is 0 Å². The number of hydrogen-bond donors (Lipinski definition) is 2. The van der Waals surface area contributed by atoms with E-state index in [1.54, 1.807) is 7.11 Å². The standard InChI is InChI=1S/C16H26N4O3S/c1-3-17-16(18-9-12-23-2)19-10-13-24(21,22)20-11-8-14-6-4-5-7-15(14)20/h4-7H,3,8-13H2,1-2H3,(H2,17,18,19). The number of methoxy groups -OCH3 is 1. The third-order valence-electron chi connectivity index (χ3n) is 3.74. The highest BCUT2D eigenvalue weighted by Gasteiger charge is 2.28. The first kappa shape index (κ1) is 18.5. The highest BCUT2D eigenvalue weighted by molar-refractivity contribution is 7.92. The van der Waals surface area contributed by atoms with Gasteiger partial charge in [-0.3, -0.25) is 9.30 Å². The molecule has 1 aromatic carbocycles. The van der Waals surface area contributed by atoms with Gasteiger partial charge < -0.3 is 15.4 Å². The number of benzene rings is 1. The van der Waals surface area contributed by atoms with Gasteiger partial charge in [0.15, 0.2) is 5.96 Å². The Morgan fingerprint density at radius 2 is 2.12 bits per heavy atom. The van der Waals surface area contributed by atoms with Gasteiger partial charge in [0.25, 0.3) is 0 Å². The van der Waals surface area contributed by atoms with E-state index in [0.29, 0.717) is 38.7 Å². The molecule has 0 amide bonds. The van der Waals surface area contributed by atoms with Crippen molar-refractivity contribution < 1.29 is 13.2 Å². The van der Waals surface area contributed by atoms with Crippen LogP contribution in [-0.4, -0.2) is 60.0 Å². The Morgan fingerprint density at radius 3 is 2.88 bits per heavy atom. The Hall–Kier alpha value is -1.80. The molecule has 0 radical (unpaired) electrons. The average Bonchev–Trinajstić information content (AvgIpc) is 3.00. The third-order valence-corrected chi connectivity index (χ3v) is 5.51. The van der Waals surface area contributed by atoms with E-state index in [0.717, 1.165) is 17.7 Å². The van der Waals surface area contributed by atoms with Crippen LogP contribution < -0.4 is 14.9 Å². The number of guanidine groups is 1. The molecule has 0 saturated heterocycles. The summed E-state index contributed by atoms with van der Waals surface area (Å²) in [6.45, 7) is 4.55. The molecule has 0 aromatic heterocycles. The fourth-order valence-corrected chi connectivity index (χ4v) is 4.02. The molecule has 8 heteroatoms. The lowest BCUT2D eigenvalue weighted by Crippen LogP contribution is -2.42. The summed E-state index contributed by atoms with van der Waals surface area (Å²) in [5.74, 6) is 0.627. The second kappa shape index (κ2) is 8.89. The number of sulfonamides is 1. The van der Waals surface area contributed by atoms with Crippen molar-refractivity contribution in [1.82, 2.24) is 10.6 Å². The Kier molecular flexibility index (Phi) is 6.86. The smallest absolute Gasteiger partial charge is 0.236 e. The van der Waals surface area contributed by atoms with Crippen molar-refractivity contribution >= 4 is 21.7 Å². The van der Waals surface area contributed by atoms with E-state index in [1.165, 1.54) is 4.31 Å². The quantitative estimate of drug-likeness (QED) is 0.405. The lowest BCUT2D eigenvalue weighted by Gasteiger charge is -2.20. The first-order chi connectivity index (χ1) is 11.6. The number of para-hydroxylation sites is 1. The molecule has 2 N–H and O–H groups in total. The highest BCUT2D eigenvalue weighted by Crippen LogP contribution is 2.29. The summed E-state index contributed by atoms with van der Waals surface area (Å²) in [7, 11) is -1.72. The molecule has 1 heterocycles. The third kappa shape index (κ3) is 4.85. The van der Waals surface area contributed by atoms with Gasteiger partial charge in [0.2, 0.25) is 10.0 Å². The normalized spacial score (nSPS) is 14.6. The van der Waals surface area contributed by atoms with Gasteiger partial charge in [0.05, 0.1) is 24.6 Å². The average molecular weight is 354 g/mol. The second-order valence-electron chi connectivity index (χ2n) is 5.45. The number of nitrogens with one attached hydrogen (secondary N) is 2. The summed E-state index contributed by atoms with van der Waals surface area (Å²) in [5.41, 5.74) is 1.89. The molecule has 0 aliphatic carbocycles. The topological polar surface area (TPSA) is 83.0 Å². The predicted octanol–water partition coefficient (Wildman–Crippen LogP) is 0.580. The molecule has 0 unspecified atom stereocenters. The number of aliphatic imine (C=N–C) groups is 1. The number of fused-ring (bicyclic) bond motifs is 1. The summed E-state index contributed by atoms with van der Waals surface area (Å²) in [6.07, 6.45) is 0.768. The molecule has 1 aliphatic rings. The number of ether oxygens (including phenoxy) is 1. The SMILES string of the molecule is CCNC(=NCCOC)NCCS(=O)(=O)N1CCc2ccccc21. The van der Waals surface area contributed by atoms with Crippen LogP contribution in [0.25, 0.3) is 0 Å². The zero-order valence-electron chi connectivity index (χ0n) is 14.3. The van der Waals surface area contributed by atoms with Gasteiger partial charge in [-0.05, 0) is 25.0 Å². The molecule has 0 fully saturated rings. The molecule has 0 bridgehead atoms. The van der Waals surface area contributed by atoms with E-state index in [4.69, 9.17) is 4.74 Å². The first-order valence-electron chi connectivity index (χ1n) is 8.18. The van der Waals surface area contributed by atoms with Crippen LogP contribution in [0.1, 0.15) is 12.5 Å². The molecular weight excluding hydrogens is 328 g/mol. The van der Waals surface area contributed by atoms with E-state index in [-0.39, 0.29) is 5.75 Å². The van der Waals surface area contributed by atoms with Gasteiger partial charge in [0, 0.05) is 26.7 Å². The minimum Gasteiger partial charge on any atom is -0.383 e. The van der Waals surface area contributed by atoms with Gasteiger partial charge in [-0.25, -0.2) is 8.42 Å². The fraction of sp³-hybridized carbons (Fsp3) is 0.562. The summed E-state index contributed by atoms with van der Waals surface area (Å²) in [5, 5.41) is 6.15. The first-order valence-corrected chi connectivity index (χ1v) is 9.79. The Labute approximate surface area is 144 Å². The van der Waals surface area contributed by atoms with E-state index in [1.807, 2.05) is 31.2 Å². The van der Waals surface area contributed by atoms with Gasteiger partial charge in [-0.1, -0.05) is 18.2 Å². The number of hydrogen-bond acceptors (Lipinski definition) is 4. The van der Waals surface area contributed by atoms with Crippen LogP contribution in [-0.2, 0) is 21.2 Å². The lowest BCUT2D eigenvalue weighted by atomic mass is 10.2. The monoisotopic (exact) mass is 354 g/mol. The molecular formula is C16H26N4O3S. The summed E-state index contributed by atoms with van der Waals surface area (Å²) >= 11 is 0. The molecule has 1 aromatic rings. The van der Waals surface area contributed by atoms with Crippen LogP contribution >= 0.6 is 0 Å². The van der Waals surface area contributed by atoms with Crippen molar-refractivity contribution in [1.29, 1.82) is 0 Å². The fourth-order valence-electron chi connectivity index (χ4n) is 2.60. The van der Waals surface area contributed by atoms with E-state index in [9.17, 15) is 8.42 Å². The number of nitrogens with zero attached hydrogens (tertiary/aromatic N) is 2. The van der Waals surface area contributed by atoms with Crippen molar-refractivity contribution in [2.45, 2.75) is 13.3 Å². The van der Waals surface area contributed by atoms with Gasteiger partial charge in [-0.2, -0.15) is 0 Å². The van der Waals surface area contributed by atoms with Crippen LogP contribution in [0, 0.1) is 0 Å². The van der Waals surface area contributed by atoms with Crippen molar-refractivity contribution in [3.05, 3.63) is 29.8 Å². The molecule has 0 saturated carbocycles. The molecule has 134 valence electrons. The molecule has 0 spiro atoms. The maximum atomic E-state index is 12.6. The van der Waals surface area contributed by atoms with Crippen molar-refractivity contribution in [3.8, 4) is 0 Å². The minimum atomic E-state index is -3.35. The van der Waals surface area contributed by atoms with Crippen molar-refractivity contribution in [2.24, 2.45) is 4.99 Å². The van der Waals surface area contributed by atoms with Gasteiger partial charge >= 0.3 is 0 Å². The van der Waals surface area contributed by atoms with E-state index in [2.05, 4.69) is 15.6 Å². The molecule has 24 heavy (non-hydrogen) atoms. The van der Waals surface area contributed by atoms with Crippen molar-refractivity contribution in [3.63, 3.8) is 0 Å². The molecule has 2 rings (SSSR count). The minimum absolute atomic E-state index is 0.0238. The number of rotatable bonds is 8. The second-order valence-corrected chi connectivity index (χ2v) is 7.46. The maximum Gasteiger partial charge on any atom is 0.236 e. The molecule has 0 atom stereocenters.